The number of nitro groups is 2. The van der Waals surface area contributed by atoms with Crippen molar-refractivity contribution >= 4 is 21.5 Å². The van der Waals surface area contributed by atoms with Crippen LogP contribution in [-0.2, 0) is 16.5 Å². The number of hydrogen-bond donors (Lipinski definition) is 1. The second kappa shape index (κ2) is 6.33. The van der Waals surface area contributed by atoms with Gasteiger partial charge in [-0.15, -0.1) is 0 Å². The summed E-state index contributed by atoms with van der Waals surface area (Å²) < 4.78 is 63.0. The van der Waals surface area contributed by atoms with Crippen molar-refractivity contribution in [2.24, 2.45) is 5.73 Å². The molecule has 0 aliphatic rings. The van der Waals surface area contributed by atoms with E-state index in [4.69, 9.17) is 5.73 Å². The van der Waals surface area contributed by atoms with E-state index in [9.17, 15) is 41.8 Å². The summed E-state index contributed by atoms with van der Waals surface area (Å²) in [6.45, 7) is -0.277. The number of alkyl halides is 3. The summed E-state index contributed by atoms with van der Waals surface area (Å²) in [5, 5.41) is 21.6. The van der Waals surface area contributed by atoms with Crippen LogP contribution < -0.4 is 9.92 Å². The van der Waals surface area contributed by atoms with Crippen molar-refractivity contribution in [2.45, 2.75) is 11.9 Å². The first-order chi connectivity index (χ1) is 10.4. The minimum atomic E-state index is -6.20. The first kappa shape index (κ1) is 18.6. The molecule has 2 N–H and O–H groups in total. The van der Waals surface area contributed by atoms with Gasteiger partial charge in [-0.05, 0) is 13.0 Å². The molecule has 1 aromatic rings. The summed E-state index contributed by atoms with van der Waals surface area (Å²) in [5.74, 6) is -1.26. The zero-order valence-corrected chi connectivity index (χ0v) is 11.8. The van der Waals surface area contributed by atoms with Crippen molar-refractivity contribution < 1.29 is 35.6 Å². The SMILES string of the molecule is NCCc1cc([N+](=O)[O-])cc([N+](=O)[O-])c1OS(=O)(=O)C(F)(F)F. The molecule has 0 saturated carbocycles. The molecule has 128 valence electrons. The molecule has 0 saturated heterocycles. The minimum Gasteiger partial charge on any atom is -0.368 e. The number of nitrogens with two attached hydrogens (primary N) is 1. The molecule has 0 aliphatic carbocycles. The molecule has 0 bridgehead atoms. The highest BCUT2D eigenvalue weighted by molar-refractivity contribution is 7.88. The number of nitrogens with zero attached hydrogens (tertiary/aromatic N) is 2. The first-order valence-electron chi connectivity index (χ1n) is 5.57. The molecular weight excluding hydrogens is 351 g/mol. The molecule has 1 rings (SSSR count). The van der Waals surface area contributed by atoms with Crippen LogP contribution in [0.25, 0.3) is 0 Å². The van der Waals surface area contributed by atoms with E-state index in [0.29, 0.717) is 12.1 Å². The Kier molecular flexibility index (Phi) is 5.11. The van der Waals surface area contributed by atoms with E-state index in [1.165, 1.54) is 0 Å². The lowest BCUT2D eigenvalue weighted by molar-refractivity contribution is -0.394. The van der Waals surface area contributed by atoms with Gasteiger partial charge in [-0.2, -0.15) is 21.6 Å². The summed E-state index contributed by atoms with van der Waals surface area (Å²) in [4.78, 5) is 19.3. The molecule has 0 unspecified atom stereocenters. The number of halogens is 3. The average Bonchev–Trinajstić information content (AvgIpc) is 2.38. The Morgan fingerprint density at radius 3 is 2.13 bits per heavy atom. The Morgan fingerprint density at radius 1 is 1.17 bits per heavy atom. The van der Waals surface area contributed by atoms with Crippen molar-refractivity contribution in [3.8, 4) is 5.75 Å². The third-order valence-electron chi connectivity index (χ3n) is 2.43. The molecule has 1 aromatic carbocycles. The lowest BCUT2D eigenvalue weighted by atomic mass is 10.1. The van der Waals surface area contributed by atoms with Gasteiger partial charge in [0, 0.05) is 11.6 Å². The van der Waals surface area contributed by atoms with E-state index < -0.39 is 48.2 Å². The number of nitro benzene ring substituents is 2. The molecule has 0 heterocycles. The minimum absolute atomic E-state index is 0.277. The first-order valence-corrected chi connectivity index (χ1v) is 6.98. The van der Waals surface area contributed by atoms with Crippen LogP contribution in [0.1, 0.15) is 5.56 Å². The van der Waals surface area contributed by atoms with E-state index in [2.05, 4.69) is 4.18 Å². The topological polar surface area (TPSA) is 156 Å². The Hall–Kier alpha value is -2.48. The van der Waals surface area contributed by atoms with Crippen LogP contribution in [0, 0.1) is 20.2 Å². The maximum absolute atomic E-state index is 12.4. The molecule has 0 spiro atoms. The zero-order chi connectivity index (χ0) is 18.0. The average molecular weight is 359 g/mol. The fourth-order valence-electron chi connectivity index (χ4n) is 1.49. The van der Waals surface area contributed by atoms with Gasteiger partial charge < -0.3 is 9.92 Å². The highest BCUT2D eigenvalue weighted by atomic mass is 32.2. The maximum Gasteiger partial charge on any atom is 0.534 e. The fraction of sp³-hybridized carbons (Fsp3) is 0.333. The van der Waals surface area contributed by atoms with Gasteiger partial charge in [-0.1, -0.05) is 0 Å². The van der Waals surface area contributed by atoms with Gasteiger partial charge in [-0.3, -0.25) is 20.2 Å². The third kappa shape index (κ3) is 4.04. The van der Waals surface area contributed by atoms with Crippen LogP contribution in [0.2, 0.25) is 0 Å². The zero-order valence-electron chi connectivity index (χ0n) is 10.9. The monoisotopic (exact) mass is 359 g/mol. The second-order valence-electron chi connectivity index (χ2n) is 3.99. The smallest absolute Gasteiger partial charge is 0.368 e. The van der Waals surface area contributed by atoms with Gasteiger partial charge in [0.05, 0.1) is 15.9 Å². The maximum atomic E-state index is 12.4. The van der Waals surface area contributed by atoms with Crippen LogP contribution in [0.4, 0.5) is 24.5 Å². The largest absolute Gasteiger partial charge is 0.534 e. The normalized spacial score (nSPS) is 12.0. The second-order valence-corrected chi connectivity index (χ2v) is 5.53. The number of hydrogen-bond acceptors (Lipinski definition) is 8. The van der Waals surface area contributed by atoms with Gasteiger partial charge in [0.2, 0.25) is 5.75 Å². The molecule has 0 radical (unpaired) electrons. The Balaban J connectivity index is 3.62. The van der Waals surface area contributed by atoms with E-state index in [-0.39, 0.29) is 13.0 Å². The van der Waals surface area contributed by atoms with Crippen LogP contribution >= 0.6 is 0 Å². The number of benzene rings is 1. The third-order valence-corrected chi connectivity index (χ3v) is 3.38. The van der Waals surface area contributed by atoms with Crippen LogP contribution in [-0.4, -0.2) is 30.3 Å². The van der Waals surface area contributed by atoms with E-state index in [0.717, 1.165) is 0 Å². The Labute approximate surface area is 126 Å². The molecule has 0 fully saturated rings. The van der Waals surface area contributed by atoms with Crippen LogP contribution in [0.3, 0.4) is 0 Å². The van der Waals surface area contributed by atoms with E-state index in [1.807, 2.05) is 0 Å². The quantitative estimate of drug-likeness (QED) is 0.344. The van der Waals surface area contributed by atoms with Gasteiger partial charge in [0.1, 0.15) is 0 Å². The van der Waals surface area contributed by atoms with Gasteiger partial charge in [0.15, 0.2) is 0 Å². The van der Waals surface area contributed by atoms with E-state index in [1.54, 1.807) is 0 Å². The number of non-ortho nitro benzene ring substituents is 1. The Morgan fingerprint density at radius 2 is 1.74 bits per heavy atom. The molecule has 0 aromatic heterocycles. The molecule has 0 aliphatic heterocycles. The predicted molar refractivity (Wildman–Crippen MR) is 68.1 cm³/mol. The molecule has 10 nitrogen and oxygen atoms in total. The van der Waals surface area contributed by atoms with Crippen molar-refractivity contribution in [1.29, 1.82) is 0 Å². The van der Waals surface area contributed by atoms with Crippen LogP contribution in [0.15, 0.2) is 12.1 Å². The standard InChI is InChI=1S/C9H8F3N3O7S/c10-9(11,12)23(20,21)22-8-5(1-2-13)3-6(14(16)17)4-7(8)15(18)19/h3-4H,1-2,13H2. The fourth-order valence-corrected chi connectivity index (χ4v) is 2.00. The molecule has 0 amide bonds. The summed E-state index contributed by atoms with van der Waals surface area (Å²) >= 11 is 0. The molecular formula is C9H8F3N3O7S. The summed E-state index contributed by atoms with van der Waals surface area (Å²) in [6.07, 6.45) is -0.384. The molecule has 14 heteroatoms. The van der Waals surface area contributed by atoms with Crippen molar-refractivity contribution in [3.05, 3.63) is 37.9 Å². The highest BCUT2D eigenvalue weighted by Crippen LogP contribution is 2.38. The lowest BCUT2D eigenvalue weighted by Crippen LogP contribution is -2.28. The molecule has 23 heavy (non-hydrogen) atoms. The predicted octanol–water partition coefficient (Wildman–Crippen LogP) is 1.23. The summed E-state index contributed by atoms with van der Waals surface area (Å²) in [5.41, 5.74) is -3.30. The summed E-state index contributed by atoms with van der Waals surface area (Å²) in [6, 6.07) is 0.947. The van der Waals surface area contributed by atoms with Crippen molar-refractivity contribution in [1.82, 2.24) is 0 Å². The molecule has 0 atom stereocenters. The van der Waals surface area contributed by atoms with Gasteiger partial charge >= 0.3 is 21.3 Å². The highest BCUT2D eigenvalue weighted by Gasteiger charge is 2.49. The van der Waals surface area contributed by atoms with E-state index >= 15 is 0 Å². The van der Waals surface area contributed by atoms with Crippen molar-refractivity contribution in [2.75, 3.05) is 6.54 Å². The van der Waals surface area contributed by atoms with Gasteiger partial charge in [0.25, 0.3) is 5.69 Å². The van der Waals surface area contributed by atoms with Gasteiger partial charge in [-0.25, -0.2) is 0 Å². The number of rotatable bonds is 6. The lowest BCUT2D eigenvalue weighted by Gasteiger charge is -2.12. The van der Waals surface area contributed by atoms with Crippen molar-refractivity contribution in [3.63, 3.8) is 0 Å². The Bertz CT molecular complexity index is 747. The van der Waals surface area contributed by atoms with Crippen LogP contribution in [0.5, 0.6) is 5.75 Å². The summed E-state index contributed by atoms with van der Waals surface area (Å²) in [7, 11) is -6.20.